The van der Waals surface area contributed by atoms with E-state index in [1.165, 1.54) is 25.2 Å². The number of thiol groups is 1. The molecule has 0 aromatic heterocycles. The first kappa shape index (κ1) is 13.2. The first-order chi connectivity index (χ1) is 7.41. The van der Waals surface area contributed by atoms with Crippen molar-refractivity contribution in [3.8, 4) is 0 Å². The maximum absolute atomic E-state index is 11.1. The lowest BCUT2D eigenvalue weighted by Gasteiger charge is -2.16. The van der Waals surface area contributed by atoms with E-state index in [9.17, 15) is 13.2 Å². The maximum Gasteiger partial charge on any atom is 0.277 e. The highest BCUT2D eigenvalue weighted by Gasteiger charge is 2.14. The van der Waals surface area contributed by atoms with Crippen LogP contribution < -0.4 is 5.06 Å². The van der Waals surface area contributed by atoms with Crippen LogP contribution in [-0.2, 0) is 15.3 Å². The van der Waals surface area contributed by atoms with Crippen LogP contribution in [0.25, 0.3) is 0 Å². The van der Waals surface area contributed by atoms with Gasteiger partial charge in [-0.05, 0) is 29.8 Å². The van der Waals surface area contributed by atoms with Crippen LogP contribution in [0.2, 0.25) is 5.02 Å². The second-order valence-corrected chi connectivity index (χ2v) is 4.13. The summed E-state index contributed by atoms with van der Waals surface area (Å²) < 4.78 is 25.1. The van der Waals surface area contributed by atoms with Gasteiger partial charge in [-0.1, -0.05) is 11.6 Å². The third-order valence-corrected chi connectivity index (χ3v) is 2.52. The number of halogens is 2. The van der Waals surface area contributed by atoms with Gasteiger partial charge in [-0.25, -0.2) is 13.5 Å². The van der Waals surface area contributed by atoms with Crippen LogP contribution in [-0.4, -0.2) is 20.7 Å². The average molecular weight is 284 g/mol. The highest BCUT2D eigenvalue weighted by molar-refractivity contribution is 7.67. The number of nitrogens with zero attached hydrogens (tertiary/aromatic N) is 1. The monoisotopic (exact) mass is 283 g/mol. The summed E-state index contributed by atoms with van der Waals surface area (Å²) >= 11 is 11.0. The molecular formula is C8H7Cl2NO4S. The molecule has 1 aromatic rings. The van der Waals surface area contributed by atoms with Crippen molar-refractivity contribution in [1.82, 2.24) is 0 Å². The minimum absolute atomic E-state index is 0.0634. The van der Waals surface area contributed by atoms with Crippen molar-refractivity contribution in [2.24, 2.45) is 0 Å². The molecule has 0 amide bonds. The summed E-state index contributed by atoms with van der Waals surface area (Å²) in [5.41, 5.74) is 0.275. The van der Waals surface area contributed by atoms with Gasteiger partial charge in [0.25, 0.3) is 16.2 Å². The topological polar surface area (TPSA) is 63.7 Å². The standard InChI is InChI=1S/C8H7Cl2NO4S/c1-11(15-16(13)14)7-3-2-5(9)4-6(7)8(10)12/h2-4,16H,1H3. The second-order valence-electron chi connectivity index (χ2n) is 2.74. The number of carbonyl (C=O) groups excluding carboxylic acids is 1. The van der Waals surface area contributed by atoms with E-state index in [1.54, 1.807) is 0 Å². The molecule has 0 radical (unpaired) electrons. The molecule has 0 saturated heterocycles. The third kappa shape index (κ3) is 3.34. The highest BCUT2D eigenvalue weighted by atomic mass is 35.5. The van der Waals surface area contributed by atoms with Crippen LogP contribution >= 0.6 is 23.2 Å². The molecule has 1 aromatic carbocycles. The fourth-order valence-corrected chi connectivity index (χ4v) is 1.70. The number of hydroxylamine groups is 1. The van der Waals surface area contributed by atoms with Crippen molar-refractivity contribution >= 4 is 45.1 Å². The lowest BCUT2D eigenvalue weighted by Crippen LogP contribution is -2.18. The molecule has 5 nitrogen and oxygen atoms in total. The van der Waals surface area contributed by atoms with Gasteiger partial charge in [0.15, 0.2) is 0 Å². The van der Waals surface area contributed by atoms with E-state index < -0.39 is 16.2 Å². The smallest absolute Gasteiger partial charge is 0.276 e. The first-order valence-electron chi connectivity index (χ1n) is 3.97. The minimum atomic E-state index is -3.06. The molecule has 0 N–H and O–H groups in total. The van der Waals surface area contributed by atoms with E-state index in [0.29, 0.717) is 5.02 Å². The van der Waals surface area contributed by atoms with Gasteiger partial charge in [0.2, 0.25) is 0 Å². The fraction of sp³-hybridized carbons (Fsp3) is 0.125. The lowest BCUT2D eigenvalue weighted by atomic mass is 10.2. The van der Waals surface area contributed by atoms with E-state index in [2.05, 4.69) is 4.28 Å². The summed E-state index contributed by atoms with van der Waals surface area (Å²) in [6.07, 6.45) is 0. The van der Waals surface area contributed by atoms with Gasteiger partial charge in [-0.3, -0.25) is 4.79 Å². The Labute approximate surface area is 104 Å². The molecule has 0 aliphatic carbocycles. The Bertz CT molecular complexity index is 481. The number of hydrogen-bond donors (Lipinski definition) is 1. The van der Waals surface area contributed by atoms with Crippen molar-refractivity contribution in [3.63, 3.8) is 0 Å². The predicted molar refractivity (Wildman–Crippen MR) is 61.4 cm³/mol. The average Bonchev–Trinajstić information content (AvgIpc) is 2.16. The van der Waals surface area contributed by atoms with Crippen LogP contribution in [0.5, 0.6) is 0 Å². The third-order valence-electron chi connectivity index (χ3n) is 1.70. The molecule has 8 heteroatoms. The molecule has 0 fully saturated rings. The molecule has 0 aliphatic heterocycles. The van der Waals surface area contributed by atoms with E-state index in [-0.39, 0.29) is 11.3 Å². The Morgan fingerprint density at radius 2 is 2.06 bits per heavy atom. The van der Waals surface area contributed by atoms with Gasteiger partial charge in [-0.15, -0.1) is 0 Å². The fourth-order valence-electron chi connectivity index (χ4n) is 1.08. The van der Waals surface area contributed by atoms with Crippen LogP contribution in [0.15, 0.2) is 18.2 Å². The Morgan fingerprint density at radius 3 is 2.56 bits per heavy atom. The highest BCUT2D eigenvalue weighted by Crippen LogP contribution is 2.25. The molecule has 0 atom stereocenters. The summed E-state index contributed by atoms with van der Waals surface area (Å²) in [7, 11) is -1.73. The van der Waals surface area contributed by atoms with Crippen LogP contribution in [0.1, 0.15) is 10.4 Å². The molecule has 0 spiro atoms. The lowest BCUT2D eigenvalue weighted by molar-refractivity contribution is 0.108. The van der Waals surface area contributed by atoms with Gasteiger partial charge in [0, 0.05) is 12.1 Å². The van der Waals surface area contributed by atoms with E-state index in [4.69, 9.17) is 23.2 Å². The summed E-state index contributed by atoms with van der Waals surface area (Å²) in [6, 6.07) is 4.23. The summed E-state index contributed by atoms with van der Waals surface area (Å²) in [6.45, 7) is 0. The van der Waals surface area contributed by atoms with Crippen molar-refractivity contribution in [2.75, 3.05) is 12.1 Å². The summed E-state index contributed by atoms with van der Waals surface area (Å²) in [4.78, 5) is 11.1. The van der Waals surface area contributed by atoms with Crippen molar-refractivity contribution in [2.45, 2.75) is 0 Å². The predicted octanol–water partition coefficient (Wildman–Crippen LogP) is 1.61. The van der Waals surface area contributed by atoms with E-state index in [0.717, 1.165) is 5.06 Å². The zero-order chi connectivity index (χ0) is 12.3. The summed E-state index contributed by atoms with van der Waals surface area (Å²) in [5, 5.41) is 0.471. The zero-order valence-electron chi connectivity index (χ0n) is 8.02. The van der Waals surface area contributed by atoms with Gasteiger partial charge < -0.3 is 0 Å². The molecule has 0 unspecified atom stereocenters. The quantitative estimate of drug-likeness (QED) is 0.517. The van der Waals surface area contributed by atoms with Crippen molar-refractivity contribution < 1.29 is 17.5 Å². The number of anilines is 1. The van der Waals surface area contributed by atoms with Crippen LogP contribution in [0.3, 0.4) is 0 Å². The molecule has 0 saturated carbocycles. The normalized spacial score (nSPS) is 10.5. The van der Waals surface area contributed by atoms with Crippen LogP contribution in [0.4, 0.5) is 5.69 Å². The number of hydrogen-bond acceptors (Lipinski definition) is 5. The largest absolute Gasteiger partial charge is 0.277 e. The minimum Gasteiger partial charge on any atom is -0.276 e. The van der Waals surface area contributed by atoms with Crippen molar-refractivity contribution in [1.29, 1.82) is 0 Å². The van der Waals surface area contributed by atoms with Gasteiger partial charge in [0.05, 0.1) is 11.3 Å². The van der Waals surface area contributed by atoms with Crippen molar-refractivity contribution in [3.05, 3.63) is 28.8 Å². The molecule has 0 bridgehead atoms. The number of carbonyl (C=O) groups is 1. The van der Waals surface area contributed by atoms with Gasteiger partial charge >= 0.3 is 0 Å². The van der Waals surface area contributed by atoms with Gasteiger partial charge in [0.1, 0.15) is 0 Å². The molecule has 16 heavy (non-hydrogen) atoms. The Balaban J connectivity index is 3.16. The molecule has 1 rings (SSSR count). The number of rotatable bonds is 4. The zero-order valence-corrected chi connectivity index (χ0v) is 10.4. The SMILES string of the molecule is CN(O[SH](=O)=O)c1ccc(Cl)cc1C(=O)Cl. The Morgan fingerprint density at radius 1 is 1.44 bits per heavy atom. The van der Waals surface area contributed by atoms with Gasteiger partial charge in [-0.2, -0.15) is 4.28 Å². The molecular weight excluding hydrogens is 277 g/mol. The first-order valence-corrected chi connectivity index (χ1v) is 5.82. The molecule has 88 valence electrons. The van der Waals surface area contributed by atoms with Crippen LogP contribution in [0, 0.1) is 0 Å². The molecule has 0 aliphatic rings. The Kier molecular flexibility index (Phi) is 4.55. The maximum atomic E-state index is 11.1. The van der Waals surface area contributed by atoms with E-state index >= 15 is 0 Å². The summed E-state index contributed by atoms with van der Waals surface area (Å²) in [5.74, 6) is 0. The number of benzene rings is 1. The Hall–Kier alpha value is -0.820. The van der Waals surface area contributed by atoms with E-state index in [1.807, 2.05) is 0 Å². The molecule has 0 heterocycles. The second kappa shape index (κ2) is 5.49.